The second kappa shape index (κ2) is 5.64. The molecule has 7 nitrogen and oxygen atoms in total. The first-order valence-corrected chi connectivity index (χ1v) is 6.10. The van der Waals surface area contributed by atoms with E-state index in [1.165, 1.54) is 18.3 Å². The molecule has 0 saturated carbocycles. The van der Waals surface area contributed by atoms with Gasteiger partial charge in [-0.1, -0.05) is 0 Å². The lowest BCUT2D eigenvalue weighted by molar-refractivity contribution is -0.145. The van der Waals surface area contributed by atoms with E-state index in [0.29, 0.717) is 25.9 Å². The van der Waals surface area contributed by atoms with Crippen molar-refractivity contribution >= 4 is 11.9 Å². The zero-order valence-corrected chi connectivity index (χ0v) is 10.4. The highest BCUT2D eigenvalue weighted by atomic mass is 16.4. The fourth-order valence-corrected chi connectivity index (χ4v) is 2.11. The lowest BCUT2D eigenvalue weighted by Crippen LogP contribution is -2.43. The van der Waals surface area contributed by atoms with E-state index in [1.54, 1.807) is 4.90 Å². The van der Waals surface area contributed by atoms with Gasteiger partial charge in [0.1, 0.15) is 6.54 Å². The van der Waals surface area contributed by atoms with Crippen LogP contribution in [-0.2, 0) is 16.1 Å². The van der Waals surface area contributed by atoms with Crippen molar-refractivity contribution in [1.82, 2.24) is 14.7 Å². The molecular weight excluding hydrogens is 250 g/mol. The van der Waals surface area contributed by atoms with E-state index in [4.69, 9.17) is 5.11 Å². The van der Waals surface area contributed by atoms with Gasteiger partial charge in [0.15, 0.2) is 0 Å². The van der Waals surface area contributed by atoms with E-state index >= 15 is 0 Å². The Kier molecular flexibility index (Phi) is 3.94. The maximum atomic E-state index is 12.0. The highest BCUT2D eigenvalue weighted by Crippen LogP contribution is 2.17. The number of aromatic nitrogens is 2. The van der Waals surface area contributed by atoms with Gasteiger partial charge in [-0.15, -0.1) is 0 Å². The number of nitrogens with zero attached hydrogens (tertiary/aromatic N) is 3. The van der Waals surface area contributed by atoms with E-state index in [1.807, 2.05) is 0 Å². The molecule has 19 heavy (non-hydrogen) atoms. The standard InChI is InChI=1S/C12H15N3O4/c16-10-2-1-5-13-15(10)8-11(17)14-6-3-9(4-7-14)12(18)19/h1-2,5,9H,3-4,6-8H2,(H,18,19). The molecule has 1 fully saturated rings. The van der Waals surface area contributed by atoms with Gasteiger partial charge in [0.2, 0.25) is 5.91 Å². The van der Waals surface area contributed by atoms with Crippen LogP contribution >= 0.6 is 0 Å². The number of carboxylic acid groups (broad SMARTS) is 1. The Morgan fingerprint density at radius 3 is 2.63 bits per heavy atom. The van der Waals surface area contributed by atoms with Crippen molar-refractivity contribution < 1.29 is 14.7 Å². The average molecular weight is 265 g/mol. The summed E-state index contributed by atoms with van der Waals surface area (Å²) in [6.45, 7) is 0.728. The molecule has 1 aliphatic heterocycles. The number of rotatable bonds is 3. The fraction of sp³-hybridized carbons (Fsp3) is 0.500. The minimum Gasteiger partial charge on any atom is -0.481 e. The molecule has 0 spiro atoms. The monoisotopic (exact) mass is 265 g/mol. The molecule has 1 saturated heterocycles. The third-order valence-electron chi connectivity index (χ3n) is 3.27. The van der Waals surface area contributed by atoms with Crippen molar-refractivity contribution in [3.63, 3.8) is 0 Å². The van der Waals surface area contributed by atoms with Gasteiger partial charge >= 0.3 is 5.97 Å². The molecule has 1 aliphatic rings. The van der Waals surface area contributed by atoms with Crippen LogP contribution in [0.4, 0.5) is 0 Å². The molecule has 2 rings (SSSR count). The van der Waals surface area contributed by atoms with E-state index in [9.17, 15) is 14.4 Å². The number of likely N-dealkylation sites (tertiary alicyclic amines) is 1. The summed E-state index contributed by atoms with van der Waals surface area (Å²) in [5.41, 5.74) is -0.323. The Hall–Kier alpha value is -2.18. The first-order valence-electron chi connectivity index (χ1n) is 6.10. The Morgan fingerprint density at radius 2 is 2.05 bits per heavy atom. The Balaban J connectivity index is 1.94. The predicted molar refractivity (Wildman–Crippen MR) is 65.4 cm³/mol. The molecule has 102 valence electrons. The van der Waals surface area contributed by atoms with E-state index in [0.717, 1.165) is 4.68 Å². The quantitative estimate of drug-likeness (QED) is 0.800. The molecule has 2 heterocycles. The lowest BCUT2D eigenvalue weighted by Gasteiger charge is -2.30. The minimum atomic E-state index is -0.812. The maximum absolute atomic E-state index is 12.0. The van der Waals surface area contributed by atoms with E-state index < -0.39 is 5.97 Å². The molecule has 0 aromatic carbocycles. The van der Waals surface area contributed by atoms with Crippen molar-refractivity contribution in [2.24, 2.45) is 5.92 Å². The molecule has 1 N–H and O–H groups in total. The summed E-state index contributed by atoms with van der Waals surface area (Å²) in [4.78, 5) is 35.8. The molecule has 0 atom stereocenters. The van der Waals surface area contributed by atoms with Crippen molar-refractivity contribution in [3.05, 3.63) is 28.7 Å². The molecular formula is C12H15N3O4. The molecule has 0 aliphatic carbocycles. The zero-order chi connectivity index (χ0) is 13.8. The predicted octanol–water partition coefficient (Wildman–Crippen LogP) is -0.434. The van der Waals surface area contributed by atoms with Crippen LogP contribution in [0.2, 0.25) is 0 Å². The van der Waals surface area contributed by atoms with Crippen LogP contribution in [0.3, 0.4) is 0 Å². The second-order valence-corrected chi connectivity index (χ2v) is 4.51. The Labute approximate surface area is 109 Å². The van der Waals surface area contributed by atoms with Gasteiger partial charge in [-0.2, -0.15) is 5.10 Å². The summed E-state index contributed by atoms with van der Waals surface area (Å²) in [6, 6.07) is 2.86. The van der Waals surface area contributed by atoms with Crippen LogP contribution in [0.15, 0.2) is 23.1 Å². The van der Waals surface area contributed by atoms with Crippen molar-refractivity contribution in [1.29, 1.82) is 0 Å². The van der Waals surface area contributed by atoms with E-state index in [2.05, 4.69) is 5.10 Å². The summed E-state index contributed by atoms with van der Waals surface area (Å²) in [6.07, 6.45) is 2.36. The number of carbonyl (C=O) groups is 2. The fourth-order valence-electron chi connectivity index (χ4n) is 2.11. The van der Waals surface area contributed by atoms with Crippen LogP contribution in [0.5, 0.6) is 0 Å². The summed E-state index contributed by atoms with van der Waals surface area (Å²) in [5.74, 6) is -1.39. The number of carbonyl (C=O) groups excluding carboxylic acids is 1. The maximum Gasteiger partial charge on any atom is 0.306 e. The molecule has 0 bridgehead atoms. The molecule has 1 amide bonds. The Bertz CT molecular complexity index is 532. The number of carboxylic acids is 1. The van der Waals surface area contributed by atoms with E-state index in [-0.39, 0.29) is 23.9 Å². The van der Waals surface area contributed by atoms with Gasteiger partial charge in [-0.3, -0.25) is 14.4 Å². The number of amides is 1. The summed E-state index contributed by atoms with van der Waals surface area (Å²) >= 11 is 0. The second-order valence-electron chi connectivity index (χ2n) is 4.51. The van der Waals surface area contributed by atoms with Gasteiger partial charge in [-0.25, -0.2) is 4.68 Å². The van der Waals surface area contributed by atoms with Crippen LogP contribution in [0.25, 0.3) is 0 Å². The smallest absolute Gasteiger partial charge is 0.306 e. The molecule has 7 heteroatoms. The van der Waals surface area contributed by atoms with Crippen LogP contribution in [-0.4, -0.2) is 44.8 Å². The third kappa shape index (κ3) is 3.18. The van der Waals surface area contributed by atoms with Gasteiger partial charge in [0.25, 0.3) is 5.56 Å². The number of piperidine rings is 1. The third-order valence-corrected chi connectivity index (χ3v) is 3.27. The topological polar surface area (TPSA) is 92.5 Å². The first kappa shape index (κ1) is 13.3. The Morgan fingerprint density at radius 1 is 1.37 bits per heavy atom. The molecule has 1 aromatic rings. The van der Waals surface area contributed by atoms with Crippen LogP contribution in [0, 0.1) is 5.92 Å². The average Bonchev–Trinajstić information content (AvgIpc) is 2.41. The van der Waals surface area contributed by atoms with Crippen molar-refractivity contribution in [2.75, 3.05) is 13.1 Å². The molecule has 0 unspecified atom stereocenters. The molecule has 1 aromatic heterocycles. The van der Waals surface area contributed by atoms with Gasteiger partial charge in [0.05, 0.1) is 5.92 Å². The SMILES string of the molecule is O=C(O)C1CCN(C(=O)Cn2ncccc2=O)CC1. The normalized spacial score (nSPS) is 16.3. The highest BCUT2D eigenvalue weighted by Gasteiger charge is 2.27. The minimum absolute atomic E-state index is 0.0998. The zero-order valence-electron chi connectivity index (χ0n) is 10.4. The molecule has 0 radical (unpaired) electrons. The van der Waals surface area contributed by atoms with Gasteiger partial charge in [0, 0.05) is 25.4 Å². The highest BCUT2D eigenvalue weighted by molar-refractivity contribution is 5.76. The van der Waals surface area contributed by atoms with Gasteiger partial charge < -0.3 is 10.0 Å². The largest absolute Gasteiger partial charge is 0.481 e. The van der Waals surface area contributed by atoms with Crippen molar-refractivity contribution in [3.8, 4) is 0 Å². The van der Waals surface area contributed by atoms with Crippen LogP contribution in [0.1, 0.15) is 12.8 Å². The number of hydrogen-bond donors (Lipinski definition) is 1. The van der Waals surface area contributed by atoms with Crippen LogP contribution < -0.4 is 5.56 Å². The first-order chi connectivity index (χ1) is 9.08. The van der Waals surface area contributed by atoms with Crippen molar-refractivity contribution in [2.45, 2.75) is 19.4 Å². The summed E-state index contributed by atoms with van der Waals surface area (Å²) in [7, 11) is 0. The summed E-state index contributed by atoms with van der Waals surface area (Å²) in [5, 5.41) is 12.7. The summed E-state index contributed by atoms with van der Waals surface area (Å²) < 4.78 is 1.10. The number of aliphatic carboxylic acids is 1. The van der Waals surface area contributed by atoms with Gasteiger partial charge in [-0.05, 0) is 18.9 Å². The lowest BCUT2D eigenvalue weighted by atomic mass is 9.97. The number of hydrogen-bond acceptors (Lipinski definition) is 4.